The predicted molar refractivity (Wildman–Crippen MR) is 96.9 cm³/mol. The minimum Gasteiger partial charge on any atom is -0.484 e. The molecule has 1 aromatic heterocycles. The predicted octanol–water partition coefficient (Wildman–Crippen LogP) is 3.41. The SMILES string of the molecule is CCOC(=O)c1cc(CC)sc1NC(=O)COc1cccc([N+](=O)[O-])c1. The van der Waals surface area contributed by atoms with Crippen LogP contribution in [0, 0.1) is 10.1 Å². The third-order valence-corrected chi connectivity index (χ3v) is 4.47. The summed E-state index contributed by atoms with van der Waals surface area (Å²) in [6.07, 6.45) is 0.719. The van der Waals surface area contributed by atoms with Crippen LogP contribution < -0.4 is 10.1 Å². The summed E-state index contributed by atoms with van der Waals surface area (Å²) in [4.78, 5) is 35.2. The summed E-state index contributed by atoms with van der Waals surface area (Å²) in [7, 11) is 0. The van der Waals surface area contributed by atoms with Gasteiger partial charge in [-0.2, -0.15) is 0 Å². The number of ether oxygens (including phenoxy) is 2. The van der Waals surface area contributed by atoms with Crippen molar-refractivity contribution in [1.82, 2.24) is 0 Å². The largest absolute Gasteiger partial charge is 0.484 e. The van der Waals surface area contributed by atoms with Crippen molar-refractivity contribution >= 4 is 33.9 Å². The maximum Gasteiger partial charge on any atom is 0.341 e. The number of aryl methyl sites for hydroxylation is 1. The monoisotopic (exact) mass is 378 g/mol. The summed E-state index contributed by atoms with van der Waals surface area (Å²) in [5.74, 6) is -0.773. The second kappa shape index (κ2) is 8.95. The Morgan fingerprint density at radius 2 is 2.04 bits per heavy atom. The number of hydrogen-bond donors (Lipinski definition) is 1. The lowest BCUT2D eigenvalue weighted by Crippen LogP contribution is -2.21. The van der Waals surface area contributed by atoms with Crippen molar-refractivity contribution in [3.05, 3.63) is 50.9 Å². The Morgan fingerprint density at radius 1 is 1.27 bits per heavy atom. The highest BCUT2D eigenvalue weighted by Crippen LogP contribution is 2.29. The van der Waals surface area contributed by atoms with Gasteiger partial charge in [0.25, 0.3) is 11.6 Å². The van der Waals surface area contributed by atoms with Crippen LogP contribution in [-0.4, -0.2) is 30.0 Å². The number of hydrogen-bond acceptors (Lipinski definition) is 7. The third-order valence-electron chi connectivity index (χ3n) is 3.28. The van der Waals surface area contributed by atoms with E-state index in [1.165, 1.54) is 35.6 Å². The van der Waals surface area contributed by atoms with Crippen molar-refractivity contribution in [3.63, 3.8) is 0 Å². The number of thiophene rings is 1. The molecule has 0 saturated heterocycles. The minimum atomic E-state index is -0.545. The Bertz CT molecular complexity index is 817. The van der Waals surface area contributed by atoms with Gasteiger partial charge in [0, 0.05) is 10.9 Å². The Kier molecular flexibility index (Phi) is 6.67. The number of nitrogens with one attached hydrogen (secondary N) is 1. The lowest BCUT2D eigenvalue weighted by molar-refractivity contribution is -0.384. The smallest absolute Gasteiger partial charge is 0.341 e. The van der Waals surface area contributed by atoms with Crippen molar-refractivity contribution in [2.24, 2.45) is 0 Å². The summed E-state index contributed by atoms with van der Waals surface area (Å²) in [5, 5.41) is 13.8. The highest BCUT2D eigenvalue weighted by atomic mass is 32.1. The van der Waals surface area contributed by atoms with E-state index < -0.39 is 16.8 Å². The summed E-state index contributed by atoms with van der Waals surface area (Å²) >= 11 is 1.29. The van der Waals surface area contributed by atoms with Gasteiger partial charge in [0.2, 0.25) is 0 Å². The summed E-state index contributed by atoms with van der Waals surface area (Å²) in [5.41, 5.74) is 0.177. The van der Waals surface area contributed by atoms with E-state index in [4.69, 9.17) is 9.47 Å². The zero-order chi connectivity index (χ0) is 19.1. The van der Waals surface area contributed by atoms with Gasteiger partial charge in [-0.25, -0.2) is 4.79 Å². The zero-order valence-electron chi connectivity index (χ0n) is 14.3. The van der Waals surface area contributed by atoms with Crippen LogP contribution in [-0.2, 0) is 16.0 Å². The quantitative estimate of drug-likeness (QED) is 0.428. The van der Waals surface area contributed by atoms with Gasteiger partial charge in [0.15, 0.2) is 6.61 Å². The number of anilines is 1. The van der Waals surface area contributed by atoms with Gasteiger partial charge in [-0.3, -0.25) is 14.9 Å². The number of esters is 1. The van der Waals surface area contributed by atoms with Crippen molar-refractivity contribution in [2.45, 2.75) is 20.3 Å². The lowest BCUT2D eigenvalue weighted by Gasteiger charge is -2.08. The van der Waals surface area contributed by atoms with E-state index in [0.29, 0.717) is 10.6 Å². The fraction of sp³-hybridized carbons (Fsp3) is 0.294. The number of nitro groups is 1. The molecule has 1 aromatic carbocycles. The van der Waals surface area contributed by atoms with Crippen LogP contribution in [0.1, 0.15) is 29.1 Å². The molecule has 0 aliphatic carbocycles. The van der Waals surface area contributed by atoms with E-state index in [0.717, 1.165) is 11.3 Å². The molecule has 0 aliphatic rings. The molecule has 0 radical (unpaired) electrons. The third kappa shape index (κ3) is 5.03. The van der Waals surface area contributed by atoms with Gasteiger partial charge in [-0.05, 0) is 25.5 Å². The van der Waals surface area contributed by atoms with Crippen LogP contribution in [0.15, 0.2) is 30.3 Å². The molecule has 0 unspecified atom stereocenters. The van der Waals surface area contributed by atoms with Gasteiger partial charge in [-0.15, -0.1) is 11.3 Å². The molecule has 0 saturated carbocycles. The highest BCUT2D eigenvalue weighted by molar-refractivity contribution is 7.16. The number of nitro benzene ring substituents is 1. The summed E-state index contributed by atoms with van der Waals surface area (Å²) in [6, 6.07) is 7.25. The number of carbonyl (C=O) groups excluding carboxylic acids is 2. The number of rotatable bonds is 8. The lowest BCUT2D eigenvalue weighted by atomic mass is 10.2. The maximum absolute atomic E-state index is 12.1. The molecule has 26 heavy (non-hydrogen) atoms. The van der Waals surface area contributed by atoms with Gasteiger partial charge in [0.05, 0.1) is 23.2 Å². The second-order valence-electron chi connectivity index (χ2n) is 5.12. The molecular weight excluding hydrogens is 360 g/mol. The van der Waals surface area contributed by atoms with E-state index in [9.17, 15) is 19.7 Å². The number of nitrogens with zero attached hydrogens (tertiary/aromatic N) is 1. The average molecular weight is 378 g/mol. The molecule has 0 atom stereocenters. The molecule has 0 spiro atoms. The van der Waals surface area contributed by atoms with Crippen LogP contribution in [0.4, 0.5) is 10.7 Å². The molecule has 1 N–H and O–H groups in total. The van der Waals surface area contributed by atoms with Gasteiger partial charge >= 0.3 is 5.97 Å². The topological polar surface area (TPSA) is 108 Å². The Hall–Kier alpha value is -2.94. The van der Waals surface area contributed by atoms with E-state index in [1.807, 2.05) is 6.92 Å². The van der Waals surface area contributed by atoms with Crippen molar-refractivity contribution in [3.8, 4) is 5.75 Å². The first-order valence-electron chi connectivity index (χ1n) is 7.91. The van der Waals surface area contributed by atoms with Crippen LogP contribution >= 0.6 is 11.3 Å². The van der Waals surface area contributed by atoms with Crippen molar-refractivity contribution in [2.75, 3.05) is 18.5 Å². The Labute approximate surface area is 153 Å². The van der Waals surface area contributed by atoms with Gasteiger partial charge < -0.3 is 14.8 Å². The fourth-order valence-electron chi connectivity index (χ4n) is 2.07. The van der Waals surface area contributed by atoms with Crippen LogP contribution in [0.5, 0.6) is 5.75 Å². The van der Waals surface area contributed by atoms with E-state index in [1.54, 1.807) is 13.0 Å². The normalized spacial score (nSPS) is 10.2. The molecule has 2 rings (SSSR count). The first-order chi connectivity index (χ1) is 12.4. The number of amides is 1. The summed E-state index contributed by atoms with van der Waals surface area (Å²) < 4.78 is 10.3. The first-order valence-corrected chi connectivity index (χ1v) is 8.73. The Balaban J connectivity index is 2.03. The molecule has 1 amide bonds. The van der Waals surface area contributed by atoms with Gasteiger partial charge in [-0.1, -0.05) is 13.0 Å². The molecule has 0 fully saturated rings. The van der Waals surface area contributed by atoms with Crippen LogP contribution in [0.3, 0.4) is 0 Å². The maximum atomic E-state index is 12.1. The van der Waals surface area contributed by atoms with Crippen molar-refractivity contribution in [1.29, 1.82) is 0 Å². The average Bonchev–Trinajstić information content (AvgIpc) is 3.03. The minimum absolute atomic E-state index is 0.127. The number of carbonyl (C=O) groups is 2. The van der Waals surface area contributed by atoms with E-state index in [2.05, 4.69) is 5.32 Å². The molecule has 138 valence electrons. The number of benzene rings is 1. The standard InChI is InChI=1S/C17H18N2O6S/c1-3-13-9-14(17(21)24-4-2)16(26-13)18-15(20)10-25-12-7-5-6-11(8-12)19(22)23/h5-9H,3-4,10H2,1-2H3,(H,18,20). The molecule has 1 heterocycles. The molecule has 0 bridgehead atoms. The first kappa shape index (κ1) is 19.4. The van der Waals surface area contributed by atoms with Crippen LogP contribution in [0.25, 0.3) is 0 Å². The van der Waals surface area contributed by atoms with E-state index >= 15 is 0 Å². The summed E-state index contributed by atoms with van der Waals surface area (Å²) in [6.45, 7) is 3.54. The fourth-order valence-corrected chi connectivity index (χ4v) is 3.07. The zero-order valence-corrected chi connectivity index (χ0v) is 15.1. The van der Waals surface area contributed by atoms with Crippen molar-refractivity contribution < 1.29 is 24.0 Å². The van der Waals surface area contributed by atoms with Crippen LogP contribution in [0.2, 0.25) is 0 Å². The molecular formula is C17H18N2O6S. The highest BCUT2D eigenvalue weighted by Gasteiger charge is 2.19. The molecule has 2 aromatic rings. The van der Waals surface area contributed by atoms with Gasteiger partial charge in [0.1, 0.15) is 10.8 Å². The Morgan fingerprint density at radius 3 is 2.69 bits per heavy atom. The molecule has 8 nitrogen and oxygen atoms in total. The van der Waals surface area contributed by atoms with E-state index in [-0.39, 0.29) is 24.7 Å². The molecule has 0 aliphatic heterocycles. The number of non-ortho nitro benzene ring substituents is 1. The molecule has 9 heteroatoms. The second-order valence-corrected chi connectivity index (χ2v) is 6.26.